The Balaban J connectivity index is 2.96. The number of nitrogens with zero attached hydrogens (tertiary/aromatic N) is 2. The van der Waals surface area contributed by atoms with E-state index in [1.54, 1.807) is 0 Å². The molecule has 0 spiro atoms. The van der Waals surface area contributed by atoms with Crippen molar-refractivity contribution in [2.75, 3.05) is 0 Å². The smallest absolute Gasteiger partial charge is 0.158 e. The Morgan fingerprint density at radius 3 is 2.64 bits per heavy atom. The van der Waals surface area contributed by atoms with Gasteiger partial charge in [-0.25, -0.2) is 0 Å². The van der Waals surface area contributed by atoms with Crippen LogP contribution in [0.2, 0.25) is 0 Å². The molecule has 5 nitrogen and oxygen atoms in total. The van der Waals surface area contributed by atoms with Crippen molar-refractivity contribution >= 4 is 11.0 Å². The standard InChI is InChI=1S/C6H5N3O2/c10-3-1-2-4(11)6-5(3)7-9-8-6/h1-2,10-11H,(H,7,8,9). The average Bonchev–Trinajstić information content (AvgIpc) is 2.45. The van der Waals surface area contributed by atoms with Gasteiger partial charge in [0.1, 0.15) is 17.0 Å². The Kier molecular flexibility index (Phi) is 1.00. The van der Waals surface area contributed by atoms with Crippen molar-refractivity contribution < 1.29 is 10.2 Å². The molecule has 0 atom stereocenters. The van der Waals surface area contributed by atoms with Crippen LogP contribution in [0.15, 0.2) is 12.1 Å². The zero-order chi connectivity index (χ0) is 7.84. The van der Waals surface area contributed by atoms with E-state index in [1.165, 1.54) is 12.1 Å². The van der Waals surface area contributed by atoms with Crippen LogP contribution < -0.4 is 0 Å². The fraction of sp³-hybridized carbons (Fsp3) is 0. The van der Waals surface area contributed by atoms with Gasteiger partial charge in [-0.3, -0.25) is 5.10 Å². The van der Waals surface area contributed by atoms with Crippen molar-refractivity contribution in [2.45, 2.75) is 0 Å². The molecular formula is C6H5N3O2. The third kappa shape index (κ3) is 0.706. The Morgan fingerprint density at radius 2 is 1.91 bits per heavy atom. The molecule has 1 heterocycles. The highest BCUT2D eigenvalue weighted by atomic mass is 16.3. The van der Waals surface area contributed by atoms with Crippen LogP contribution in [0.25, 0.3) is 11.0 Å². The van der Waals surface area contributed by atoms with Crippen molar-refractivity contribution in [3.63, 3.8) is 0 Å². The summed E-state index contributed by atoms with van der Waals surface area (Å²) in [4.78, 5) is 0. The molecule has 0 unspecified atom stereocenters. The lowest BCUT2D eigenvalue weighted by molar-refractivity contribution is 0.468. The number of phenols is 2. The van der Waals surface area contributed by atoms with E-state index in [1.807, 2.05) is 0 Å². The second-order valence-electron chi connectivity index (χ2n) is 2.14. The normalized spacial score (nSPS) is 10.5. The zero-order valence-electron chi connectivity index (χ0n) is 5.44. The van der Waals surface area contributed by atoms with Crippen LogP contribution in [0.5, 0.6) is 11.5 Å². The fourth-order valence-electron chi connectivity index (χ4n) is 0.906. The highest BCUT2D eigenvalue weighted by molar-refractivity contribution is 5.85. The number of benzene rings is 1. The number of rotatable bonds is 0. The minimum Gasteiger partial charge on any atom is -0.506 e. The molecule has 3 N–H and O–H groups in total. The van der Waals surface area contributed by atoms with Gasteiger partial charge in [-0.2, -0.15) is 0 Å². The number of hydrogen-bond acceptors (Lipinski definition) is 4. The molecule has 5 heteroatoms. The van der Waals surface area contributed by atoms with Crippen molar-refractivity contribution in [3.8, 4) is 11.5 Å². The molecule has 0 saturated carbocycles. The molecule has 0 aliphatic carbocycles. The van der Waals surface area contributed by atoms with Crippen molar-refractivity contribution in [3.05, 3.63) is 12.1 Å². The molecule has 1 aromatic heterocycles. The number of phenolic OH excluding ortho intramolecular Hbond substituents is 2. The summed E-state index contributed by atoms with van der Waals surface area (Å²) >= 11 is 0. The molecular weight excluding hydrogens is 146 g/mol. The van der Waals surface area contributed by atoms with E-state index in [0.717, 1.165) is 0 Å². The second kappa shape index (κ2) is 1.85. The van der Waals surface area contributed by atoms with E-state index in [0.29, 0.717) is 5.52 Å². The Labute approximate surface area is 61.3 Å². The van der Waals surface area contributed by atoms with Crippen LogP contribution in [0, 0.1) is 0 Å². The second-order valence-corrected chi connectivity index (χ2v) is 2.14. The first-order valence-corrected chi connectivity index (χ1v) is 3.01. The summed E-state index contributed by atoms with van der Waals surface area (Å²) in [6.45, 7) is 0. The number of hydrogen-bond donors (Lipinski definition) is 3. The predicted molar refractivity (Wildman–Crippen MR) is 37.2 cm³/mol. The van der Waals surface area contributed by atoms with E-state index < -0.39 is 0 Å². The third-order valence-corrected chi connectivity index (χ3v) is 1.45. The Hall–Kier alpha value is -1.78. The summed E-state index contributed by atoms with van der Waals surface area (Å²) in [7, 11) is 0. The van der Waals surface area contributed by atoms with Crippen LogP contribution in [0.3, 0.4) is 0 Å². The van der Waals surface area contributed by atoms with Gasteiger partial charge in [-0.1, -0.05) is 5.21 Å². The maximum atomic E-state index is 9.16. The molecule has 0 amide bonds. The maximum absolute atomic E-state index is 9.16. The minimum absolute atomic E-state index is 0.00606. The maximum Gasteiger partial charge on any atom is 0.158 e. The highest BCUT2D eigenvalue weighted by Gasteiger charge is 2.06. The fourth-order valence-corrected chi connectivity index (χ4v) is 0.906. The minimum atomic E-state index is 0.00606. The molecule has 0 bridgehead atoms. The lowest BCUT2D eigenvalue weighted by Gasteiger charge is -1.93. The van der Waals surface area contributed by atoms with Crippen molar-refractivity contribution in [2.24, 2.45) is 0 Å². The number of aromatic amines is 1. The summed E-state index contributed by atoms with van der Waals surface area (Å²) in [6, 6.07) is 2.73. The van der Waals surface area contributed by atoms with Gasteiger partial charge in [0.2, 0.25) is 0 Å². The summed E-state index contributed by atoms with van der Waals surface area (Å²) in [5.74, 6) is 0.0364. The molecule has 2 aromatic rings. The molecule has 11 heavy (non-hydrogen) atoms. The average molecular weight is 151 g/mol. The third-order valence-electron chi connectivity index (χ3n) is 1.45. The molecule has 56 valence electrons. The number of aromatic hydroxyl groups is 2. The van der Waals surface area contributed by atoms with Crippen LogP contribution in [0.4, 0.5) is 0 Å². The molecule has 0 aliphatic rings. The lowest BCUT2D eigenvalue weighted by atomic mass is 10.3. The van der Waals surface area contributed by atoms with Gasteiger partial charge in [-0.05, 0) is 12.1 Å². The largest absolute Gasteiger partial charge is 0.506 e. The number of fused-ring (bicyclic) bond motifs is 1. The first-order valence-electron chi connectivity index (χ1n) is 3.01. The number of nitrogens with one attached hydrogen (secondary N) is 1. The molecule has 0 radical (unpaired) electrons. The number of H-pyrrole nitrogens is 1. The van der Waals surface area contributed by atoms with Gasteiger partial charge < -0.3 is 10.2 Å². The van der Waals surface area contributed by atoms with Gasteiger partial charge in [0.05, 0.1) is 0 Å². The van der Waals surface area contributed by atoms with E-state index in [-0.39, 0.29) is 17.0 Å². The summed E-state index contributed by atoms with van der Waals surface area (Å²) in [5, 5.41) is 27.8. The quantitative estimate of drug-likeness (QED) is 0.475. The highest BCUT2D eigenvalue weighted by Crippen LogP contribution is 2.27. The van der Waals surface area contributed by atoms with E-state index in [4.69, 9.17) is 10.2 Å². The number of aromatic nitrogens is 3. The van der Waals surface area contributed by atoms with Crippen LogP contribution in [-0.4, -0.2) is 25.6 Å². The first-order chi connectivity index (χ1) is 5.29. The van der Waals surface area contributed by atoms with Crippen LogP contribution >= 0.6 is 0 Å². The molecule has 2 rings (SSSR count). The Bertz CT molecular complexity index is 360. The Morgan fingerprint density at radius 1 is 1.18 bits per heavy atom. The van der Waals surface area contributed by atoms with Crippen molar-refractivity contribution in [1.29, 1.82) is 0 Å². The SMILES string of the molecule is Oc1ccc(O)c2[nH]nnc12. The monoisotopic (exact) mass is 151 g/mol. The van der Waals surface area contributed by atoms with Gasteiger partial charge in [0.15, 0.2) is 5.52 Å². The molecule has 0 saturated heterocycles. The summed E-state index contributed by atoms with van der Waals surface area (Å²) in [5.41, 5.74) is 0.634. The van der Waals surface area contributed by atoms with Crippen molar-refractivity contribution in [1.82, 2.24) is 15.4 Å². The molecule has 1 aromatic carbocycles. The van der Waals surface area contributed by atoms with E-state index in [2.05, 4.69) is 15.4 Å². The first kappa shape index (κ1) is 5.96. The van der Waals surface area contributed by atoms with Gasteiger partial charge in [0.25, 0.3) is 0 Å². The molecule has 0 aliphatic heterocycles. The molecule has 0 fully saturated rings. The van der Waals surface area contributed by atoms with E-state index in [9.17, 15) is 0 Å². The van der Waals surface area contributed by atoms with Crippen LogP contribution in [0.1, 0.15) is 0 Å². The van der Waals surface area contributed by atoms with Crippen LogP contribution in [-0.2, 0) is 0 Å². The summed E-state index contributed by atoms with van der Waals surface area (Å²) < 4.78 is 0. The van der Waals surface area contributed by atoms with Gasteiger partial charge in [0, 0.05) is 0 Å². The zero-order valence-corrected chi connectivity index (χ0v) is 5.44. The topological polar surface area (TPSA) is 82.0 Å². The summed E-state index contributed by atoms with van der Waals surface area (Å²) in [6.07, 6.45) is 0. The van der Waals surface area contributed by atoms with E-state index >= 15 is 0 Å². The van der Waals surface area contributed by atoms with Gasteiger partial charge in [-0.15, -0.1) is 5.10 Å². The predicted octanol–water partition coefficient (Wildman–Crippen LogP) is 0.369. The van der Waals surface area contributed by atoms with Gasteiger partial charge >= 0.3 is 0 Å². The lowest BCUT2D eigenvalue weighted by Crippen LogP contribution is -1.72.